The second-order valence-corrected chi connectivity index (χ2v) is 8.36. The molecule has 0 spiro atoms. The van der Waals surface area contributed by atoms with E-state index in [0.29, 0.717) is 0 Å². The zero-order valence-electron chi connectivity index (χ0n) is 15.0. The van der Waals surface area contributed by atoms with Crippen LogP contribution >= 0.6 is 23.2 Å². The molecule has 3 rings (SSSR count). The molecule has 2 saturated heterocycles. The van der Waals surface area contributed by atoms with E-state index in [2.05, 4.69) is 58.0 Å². The summed E-state index contributed by atoms with van der Waals surface area (Å²) in [6.07, 6.45) is 0. The molecule has 3 atom stereocenters. The van der Waals surface area contributed by atoms with E-state index in [0.717, 1.165) is 52.4 Å². The minimum Gasteiger partial charge on any atom is -0.304 e. The Kier molecular flexibility index (Phi) is 8.06. The summed E-state index contributed by atoms with van der Waals surface area (Å²) in [5.74, 6) is 0. The van der Waals surface area contributed by atoms with E-state index in [-0.39, 0.29) is 23.1 Å². The zero-order chi connectivity index (χ0) is 17.2. The molecule has 2 fully saturated rings. The molecule has 2 aliphatic heterocycles. The standard InChI is InChI=1S/C18H28Cl2N4.Mn/c1-21-8-11-23-12-10-22(2)17(16-6-4-3-5-7-16)18(19,20)24(14-9-21)15-13-23;/h3-7,17H,8-15H2,1-2H3;. The van der Waals surface area contributed by atoms with Crippen LogP contribution in [0.2, 0.25) is 0 Å². The summed E-state index contributed by atoms with van der Waals surface area (Å²) in [5, 5.41) is 0. The van der Waals surface area contributed by atoms with Crippen molar-refractivity contribution < 1.29 is 17.1 Å². The fraction of sp³-hybridized carbons (Fsp3) is 0.667. The number of nitrogens with zero attached hydrogens (tertiary/aromatic N) is 4. The average molecular weight is 426 g/mol. The van der Waals surface area contributed by atoms with Crippen molar-refractivity contribution in [3.63, 3.8) is 0 Å². The third kappa shape index (κ3) is 5.11. The van der Waals surface area contributed by atoms with Crippen molar-refractivity contribution in [1.29, 1.82) is 0 Å². The van der Waals surface area contributed by atoms with Gasteiger partial charge in [0.05, 0.1) is 6.04 Å². The minimum atomic E-state index is -0.947. The van der Waals surface area contributed by atoms with Crippen LogP contribution in [-0.2, 0) is 17.1 Å². The van der Waals surface area contributed by atoms with Crippen LogP contribution in [0.1, 0.15) is 11.6 Å². The average Bonchev–Trinajstić information content (AvgIpc) is 2.67. The second-order valence-electron chi connectivity index (χ2n) is 7.01. The Morgan fingerprint density at radius 1 is 0.840 bits per heavy atom. The summed E-state index contributed by atoms with van der Waals surface area (Å²) in [4.78, 5) is 9.47. The molecular formula is C18H28Cl2MnN4. The molecule has 141 valence electrons. The van der Waals surface area contributed by atoms with Crippen molar-refractivity contribution in [2.24, 2.45) is 0 Å². The number of hydrogen-bond acceptors (Lipinski definition) is 4. The number of halogens is 2. The molecule has 25 heavy (non-hydrogen) atoms. The van der Waals surface area contributed by atoms with Crippen LogP contribution in [0.25, 0.3) is 0 Å². The predicted octanol–water partition coefficient (Wildman–Crippen LogP) is 2.35. The Morgan fingerprint density at radius 3 is 2.12 bits per heavy atom. The summed E-state index contributed by atoms with van der Waals surface area (Å²) in [5.41, 5.74) is 1.17. The number of fused-ring (bicyclic) bond motifs is 3. The van der Waals surface area contributed by atoms with Crippen molar-refractivity contribution in [3.05, 3.63) is 35.9 Å². The predicted molar refractivity (Wildman–Crippen MR) is 102 cm³/mol. The van der Waals surface area contributed by atoms with Crippen molar-refractivity contribution >= 4 is 23.2 Å². The first kappa shape index (κ1) is 21.5. The van der Waals surface area contributed by atoms with Gasteiger partial charge in [-0.3, -0.25) is 14.7 Å². The molecule has 4 nitrogen and oxygen atoms in total. The Hall–Kier alpha value is 0.159. The normalized spacial score (nSPS) is 31.6. The number of rotatable bonds is 1. The maximum Gasteiger partial charge on any atom is 0.191 e. The molecule has 0 aromatic heterocycles. The summed E-state index contributed by atoms with van der Waals surface area (Å²) >= 11 is 14.1. The van der Waals surface area contributed by atoms with E-state index in [1.807, 2.05) is 6.07 Å². The number of alkyl halides is 2. The number of likely N-dealkylation sites (N-methyl/N-ethyl adjacent to an activating group) is 2. The van der Waals surface area contributed by atoms with Gasteiger partial charge >= 0.3 is 0 Å². The molecule has 0 aliphatic carbocycles. The molecule has 2 bridgehead atoms. The van der Waals surface area contributed by atoms with Gasteiger partial charge in [0.2, 0.25) is 0 Å². The largest absolute Gasteiger partial charge is 0.304 e. The van der Waals surface area contributed by atoms with Gasteiger partial charge in [0, 0.05) is 69.4 Å². The van der Waals surface area contributed by atoms with Gasteiger partial charge in [-0.1, -0.05) is 53.5 Å². The zero-order valence-corrected chi connectivity index (χ0v) is 17.7. The molecule has 0 saturated carbocycles. The minimum absolute atomic E-state index is 0. The summed E-state index contributed by atoms with van der Waals surface area (Å²) in [7, 11) is 4.31. The topological polar surface area (TPSA) is 13.0 Å². The maximum atomic E-state index is 7.05. The quantitative estimate of drug-likeness (QED) is 0.389. The van der Waals surface area contributed by atoms with Crippen LogP contribution in [0.4, 0.5) is 0 Å². The first-order chi connectivity index (χ1) is 11.5. The molecule has 1 aromatic rings. The smallest absolute Gasteiger partial charge is 0.191 e. The van der Waals surface area contributed by atoms with Gasteiger partial charge in [-0.15, -0.1) is 0 Å². The molecule has 1 radical (unpaired) electrons. The van der Waals surface area contributed by atoms with Crippen molar-refractivity contribution in [3.8, 4) is 0 Å². The molecule has 3 unspecified atom stereocenters. The third-order valence-electron chi connectivity index (χ3n) is 5.31. The SMILES string of the molecule is CN1CCN2CCN(C)C(c3ccccc3)C(Cl)(Cl)N(CC1)CC2.[Mn]. The molecule has 2 aliphatic rings. The Bertz CT molecular complexity index is 531. The van der Waals surface area contributed by atoms with E-state index in [1.165, 1.54) is 5.56 Å². The molecule has 7 heteroatoms. The van der Waals surface area contributed by atoms with E-state index >= 15 is 0 Å². The van der Waals surface area contributed by atoms with Crippen molar-refractivity contribution in [2.75, 3.05) is 66.5 Å². The van der Waals surface area contributed by atoms with Gasteiger partial charge in [-0.05, 0) is 19.7 Å². The van der Waals surface area contributed by atoms with Crippen LogP contribution in [-0.4, -0.2) is 90.5 Å². The van der Waals surface area contributed by atoms with Crippen LogP contribution in [0, 0.1) is 0 Å². The molecule has 1 aromatic carbocycles. The monoisotopic (exact) mass is 425 g/mol. The van der Waals surface area contributed by atoms with E-state index in [9.17, 15) is 0 Å². The number of benzene rings is 1. The van der Waals surface area contributed by atoms with Gasteiger partial charge < -0.3 is 4.90 Å². The summed E-state index contributed by atoms with van der Waals surface area (Å²) < 4.78 is -0.947. The molecule has 2 heterocycles. The number of hydrogen-bond donors (Lipinski definition) is 0. The van der Waals surface area contributed by atoms with Gasteiger partial charge in [0.15, 0.2) is 4.46 Å². The molecular weight excluding hydrogens is 398 g/mol. The van der Waals surface area contributed by atoms with E-state index in [1.54, 1.807) is 0 Å². The first-order valence-electron chi connectivity index (χ1n) is 8.77. The van der Waals surface area contributed by atoms with E-state index in [4.69, 9.17) is 23.2 Å². The fourth-order valence-corrected chi connectivity index (χ4v) is 4.60. The van der Waals surface area contributed by atoms with Gasteiger partial charge in [0.1, 0.15) is 0 Å². The van der Waals surface area contributed by atoms with Crippen LogP contribution in [0.5, 0.6) is 0 Å². The Balaban J connectivity index is 0.00000225. The van der Waals surface area contributed by atoms with Crippen molar-refractivity contribution in [2.45, 2.75) is 10.5 Å². The first-order valence-corrected chi connectivity index (χ1v) is 9.53. The van der Waals surface area contributed by atoms with Crippen molar-refractivity contribution in [1.82, 2.24) is 19.6 Å². The van der Waals surface area contributed by atoms with Gasteiger partial charge in [-0.25, -0.2) is 0 Å². The van der Waals surface area contributed by atoms with Gasteiger partial charge in [0.25, 0.3) is 0 Å². The Labute approximate surface area is 172 Å². The molecule has 0 N–H and O–H groups in total. The molecule has 0 amide bonds. The summed E-state index contributed by atoms with van der Waals surface area (Å²) in [6, 6.07) is 10.4. The Morgan fingerprint density at radius 2 is 1.40 bits per heavy atom. The van der Waals surface area contributed by atoms with Crippen LogP contribution in [0.3, 0.4) is 0 Å². The fourth-order valence-electron chi connectivity index (χ4n) is 3.68. The maximum absolute atomic E-state index is 7.05. The van der Waals surface area contributed by atoms with Crippen LogP contribution < -0.4 is 0 Å². The second kappa shape index (κ2) is 9.38. The summed E-state index contributed by atoms with van der Waals surface area (Å²) in [6.45, 7) is 7.99. The third-order valence-corrected chi connectivity index (χ3v) is 6.20. The van der Waals surface area contributed by atoms with Gasteiger partial charge in [-0.2, -0.15) is 0 Å². The van der Waals surface area contributed by atoms with Crippen LogP contribution in [0.15, 0.2) is 30.3 Å². The van der Waals surface area contributed by atoms with E-state index < -0.39 is 4.46 Å².